The number of rotatable bonds is 6. The van der Waals surface area contributed by atoms with Gasteiger partial charge in [0, 0.05) is 24.5 Å². The van der Waals surface area contributed by atoms with E-state index in [1.54, 1.807) is 60.9 Å². The fourth-order valence-corrected chi connectivity index (χ4v) is 4.20. The first-order valence-electron chi connectivity index (χ1n) is 11.2. The fourth-order valence-electron chi connectivity index (χ4n) is 4.20. The van der Waals surface area contributed by atoms with Crippen molar-refractivity contribution >= 4 is 17.4 Å². The Morgan fingerprint density at radius 3 is 2.29 bits per heavy atom. The number of aliphatic hydroxyl groups is 1. The van der Waals surface area contributed by atoms with Crippen molar-refractivity contribution in [3.63, 3.8) is 0 Å². The molecule has 6 heteroatoms. The number of ether oxygens (including phenoxy) is 1. The number of carbonyl (C=O) groups excluding carboxylic acids is 2. The average molecular weight is 463 g/mol. The van der Waals surface area contributed by atoms with E-state index in [0.29, 0.717) is 22.6 Å². The summed E-state index contributed by atoms with van der Waals surface area (Å²) in [5, 5.41) is 11.2. The van der Waals surface area contributed by atoms with E-state index in [9.17, 15) is 14.7 Å². The Morgan fingerprint density at radius 1 is 0.857 bits per heavy atom. The fraction of sp³-hybridized carbons (Fsp3) is 0.0690. The summed E-state index contributed by atoms with van der Waals surface area (Å²) in [6, 6.07) is 28.2. The van der Waals surface area contributed by atoms with Crippen molar-refractivity contribution in [2.45, 2.75) is 12.6 Å². The van der Waals surface area contributed by atoms with Gasteiger partial charge in [0.2, 0.25) is 0 Å². The zero-order valence-electron chi connectivity index (χ0n) is 18.7. The molecule has 1 saturated heterocycles. The van der Waals surface area contributed by atoms with Crippen LogP contribution in [-0.4, -0.2) is 26.7 Å². The third-order valence-corrected chi connectivity index (χ3v) is 5.82. The second-order valence-electron chi connectivity index (χ2n) is 8.14. The predicted molar refractivity (Wildman–Crippen MR) is 131 cm³/mol. The highest BCUT2D eigenvalue weighted by Gasteiger charge is 2.46. The van der Waals surface area contributed by atoms with Crippen LogP contribution in [0, 0.1) is 0 Å². The molecule has 2 heterocycles. The molecule has 1 aromatic heterocycles. The number of Topliss-reactive ketones (excluding diaryl/α,β-unsaturated/α-hetero) is 1. The van der Waals surface area contributed by atoms with Crippen molar-refractivity contribution in [2.75, 3.05) is 0 Å². The van der Waals surface area contributed by atoms with Gasteiger partial charge in [-0.2, -0.15) is 0 Å². The van der Waals surface area contributed by atoms with Crippen LogP contribution in [0.3, 0.4) is 0 Å². The van der Waals surface area contributed by atoms with Crippen molar-refractivity contribution in [2.24, 2.45) is 0 Å². The Morgan fingerprint density at radius 2 is 1.57 bits per heavy atom. The SMILES string of the molecule is O=C1C(=O)N(Cc2cccnc2)C(c2cccc(Oc3ccccc3)c2)C1=C(O)c1ccccc1. The lowest BCUT2D eigenvalue weighted by Gasteiger charge is -2.25. The van der Waals surface area contributed by atoms with Crippen LogP contribution in [0.25, 0.3) is 5.76 Å². The summed E-state index contributed by atoms with van der Waals surface area (Å²) < 4.78 is 5.99. The molecule has 0 radical (unpaired) electrons. The summed E-state index contributed by atoms with van der Waals surface area (Å²) in [6.45, 7) is 0.165. The molecule has 172 valence electrons. The first-order chi connectivity index (χ1) is 17.1. The number of benzene rings is 3. The molecule has 6 nitrogen and oxygen atoms in total. The molecule has 1 aliphatic heterocycles. The number of carbonyl (C=O) groups is 2. The molecule has 0 spiro atoms. The molecule has 1 unspecified atom stereocenters. The summed E-state index contributed by atoms with van der Waals surface area (Å²) in [7, 11) is 0. The largest absolute Gasteiger partial charge is 0.507 e. The summed E-state index contributed by atoms with van der Waals surface area (Å²) >= 11 is 0. The van der Waals surface area contributed by atoms with E-state index >= 15 is 0 Å². The van der Waals surface area contributed by atoms with Crippen LogP contribution in [0.15, 0.2) is 115 Å². The molecule has 4 aromatic rings. The van der Waals surface area contributed by atoms with Crippen LogP contribution < -0.4 is 4.74 Å². The molecule has 1 N–H and O–H groups in total. The van der Waals surface area contributed by atoms with E-state index in [-0.39, 0.29) is 17.9 Å². The average Bonchev–Trinajstić information content (AvgIpc) is 3.15. The van der Waals surface area contributed by atoms with E-state index in [1.807, 2.05) is 48.5 Å². The van der Waals surface area contributed by atoms with Crippen molar-refractivity contribution in [1.82, 2.24) is 9.88 Å². The zero-order valence-corrected chi connectivity index (χ0v) is 18.7. The Balaban J connectivity index is 1.61. The third-order valence-electron chi connectivity index (χ3n) is 5.82. The van der Waals surface area contributed by atoms with Crippen LogP contribution in [-0.2, 0) is 16.1 Å². The summed E-state index contributed by atoms with van der Waals surface area (Å²) in [5.41, 5.74) is 1.94. The van der Waals surface area contributed by atoms with E-state index in [1.165, 1.54) is 4.90 Å². The minimum atomic E-state index is -0.797. The Bertz CT molecular complexity index is 1390. The molecule has 1 fully saturated rings. The Labute approximate surface area is 202 Å². The van der Waals surface area contributed by atoms with E-state index in [0.717, 1.165) is 5.56 Å². The van der Waals surface area contributed by atoms with Gasteiger partial charge in [-0.1, -0.05) is 66.7 Å². The van der Waals surface area contributed by atoms with Gasteiger partial charge in [0.15, 0.2) is 0 Å². The number of aliphatic hydroxyl groups excluding tert-OH is 1. The number of hydrogen-bond acceptors (Lipinski definition) is 5. The van der Waals surface area contributed by atoms with Crippen molar-refractivity contribution < 1.29 is 19.4 Å². The minimum absolute atomic E-state index is 0.0435. The van der Waals surface area contributed by atoms with Crippen LogP contribution in [0.5, 0.6) is 11.5 Å². The number of aromatic nitrogens is 1. The molecule has 0 bridgehead atoms. The molecule has 5 rings (SSSR count). The maximum atomic E-state index is 13.2. The molecule has 1 aliphatic rings. The van der Waals surface area contributed by atoms with Gasteiger partial charge in [0.1, 0.15) is 17.3 Å². The Kier molecular flexibility index (Phi) is 6.09. The first-order valence-corrected chi connectivity index (χ1v) is 11.2. The molecule has 1 atom stereocenters. The van der Waals surface area contributed by atoms with E-state index in [4.69, 9.17) is 4.74 Å². The predicted octanol–water partition coefficient (Wildman–Crippen LogP) is 5.50. The topological polar surface area (TPSA) is 79.7 Å². The van der Waals surface area contributed by atoms with Gasteiger partial charge in [-0.3, -0.25) is 14.6 Å². The molecular formula is C29H22N2O4. The highest BCUT2D eigenvalue weighted by Crippen LogP contribution is 2.41. The van der Waals surface area contributed by atoms with Crippen LogP contribution in [0.1, 0.15) is 22.7 Å². The third kappa shape index (κ3) is 4.54. The molecular weight excluding hydrogens is 440 g/mol. The van der Waals surface area contributed by atoms with Gasteiger partial charge in [-0.05, 0) is 41.5 Å². The molecule has 0 aliphatic carbocycles. The zero-order chi connectivity index (χ0) is 24.2. The lowest BCUT2D eigenvalue weighted by Crippen LogP contribution is -2.29. The second-order valence-corrected chi connectivity index (χ2v) is 8.14. The highest BCUT2D eigenvalue weighted by molar-refractivity contribution is 6.46. The second kappa shape index (κ2) is 9.65. The Hall–Kier alpha value is -4.71. The lowest BCUT2D eigenvalue weighted by molar-refractivity contribution is -0.140. The highest BCUT2D eigenvalue weighted by atomic mass is 16.5. The normalized spacial score (nSPS) is 16.9. The number of ketones is 1. The van der Waals surface area contributed by atoms with Gasteiger partial charge in [0.25, 0.3) is 11.7 Å². The monoisotopic (exact) mass is 462 g/mol. The van der Waals surface area contributed by atoms with Crippen molar-refractivity contribution in [3.05, 3.63) is 132 Å². The van der Waals surface area contributed by atoms with Gasteiger partial charge < -0.3 is 14.7 Å². The standard InChI is InChI=1S/C29H22N2O4/c32-27(21-10-3-1-4-11-21)25-26(31(29(34)28(25)33)19-20-9-8-16-30-18-20)22-12-7-15-24(17-22)35-23-13-5-2-6-14-23/h1-18,26,32H,19H2. The molecule has 1 amide bonds. The van der Waals surface area contributed by atoms with Gasteiger partial charge in [0.05, 0.1) is 11.6 Å². The number of para-hydroxylation sites is 1. The van der Waals surface area contributed by atoms with E-state index in [2.05, 4.69) is 4.98 Å². The summed E-state index contributed by atoms with van der Waals surface area (Å²) in [5.74, 6) is -0.393. The summed E-state index contributed by atoms with van der Waals surface area (Å²) in [4.78, 5) is 32.0. The maximum absolute atomic E-state index is 13.2. The quantitative estimate of drug-likeness (QED) is 0.233. The van der Waals surface area contributed by atoms with Crippen LogP contribution >= 0.6 is 0 Å². The maximum Gasteiger partial charge on any atom is 0.295 e. The van der Waals surface area contributed by atoms with Crippen LogP contribution in [0.2, 0.25) is 0 Å². The lowest BCUT2D eigenvalue weighted by atomic mass is 9.95. The number of pyridine rings is 1. The molecule has 35 heavy (non-hydrogen) atoms. The minimum Gasteiger partial charge on any atom is -0.507 e. The van der Waals surface area contributed by atoms with Crippen LogP contribution in [0.4, 0.5) is 0 Å². The number of likely N-dealkylation sites (tertiary alicyclic amines) is 1. The van der Waals surface area contributed by atoms with Crippen molar-refractivity contribution in [1.29, 1.82) is 0 Å². The molecule has 3 aromatic carbocycles. The van der Waals surface area contributed by atoms with Gasteiger partial charge in [-0.25, -0.2) is 0 Å². The smallest absolute Gasteiger partial charge is 0.295 e. The first kappa shape index (κ1) is 22.1. The summed E-state index contributed by atoms with van der Waals surface area (Å²) in [6.07, 6.45) is 3.30. The van der Waals surface area contributed by atoms with E-state index < -0.39 is 17.7 Å². The number of amides is 1. The molecule has 0 saturated carbocycles. The number of hydrogen-bond donors (Lipinski definition) is 1. The van der Waals surface area contributed by atoms with Gasteiger partial charge in [-0.15, -0.1) is 0 Å². The number of nitrogens with zero attached hydrogens (tertiary/aromatic N) is 2. The van der Waals surface area contributed by atoms with Crippen molar-refractivity contribution in [3.8, 4) is 11.5 Å². The van der Waals surface area contributed by atoms with Gasteiger partial charge >= 0.3 is 0 Å².